The van der Waals surface area contributed by atoms with Gasteiger partial charge >= 0.3 is 0 Å². The summed E-state index contributed by atoms with van der Waals surface area (Å²) in [6, 6.07) is 0.697. The highest BCUT2D eigenvalue weighted by Crippen LogP contribution is 2.41. The first-order chi connectivity index (χ1) is 8.19. The topological polar surface area (TPSA) is 15.3 Å². The van der Waals surface area contributed by atoms with Gasteiger partial charge in [-0.3, -0.25) is 4.90 Å². The van der Waals surface area contributed by atoms with Gasteiger partial charge in [-0.05, 0) is 58.2 Å². The van der Waals surface area contributed by atoms with Gasteiger partial charge < -0.3 is 5.32 Å². The van der Waals surface area contributed by atoms with Gasteiger partial charge in [-0.25, -0.2) is 0 Å². The van der Waals surface area contributed by atoms with Gasteiger partial charge in [0, 0.05) is 11.6 Å². The molecule has 1 atom stereocenters. The summed E-state index contributed by atoms with van der Waals surface area (Å²) in [5.74, 6) is 0.799. The molecule has 1 N–H and O–H groups in total. The van der Waals surface area contributed by atoms with E-state index in [1.807, 2.05) is 0 Å². The molecule has 1 saturated heterocycles. The van der Waals surface area contributed by atoms with Crippen LogP contribution in [0, 0.1) is 5.92 Å². The number of likely N-dealkylation sites (N-methyl/N-ethyl adjacent to an activating group) is 1. The first-order valence-corrected chi connectivity index (χ1v) is 7.61. The van der Waals surface area contributed by atoms with Gasteiger partial charge in [0.25, 0.3) is 0 Å². The Bertz CT molecular complexity index is 225. The van der Waals surface area contributed by atoms with E-state index in [2.05, 4.69) is 31.1 Å². The van der Waals surface area contributed by atoms with E-state index >= 15 is 0 Å². The average Bonchev–Trinajstić information content (AvgIpc) is 2.95. The monoisotopic (exact) mass is 238 g/mol. The zero-order chi connectivity index (χ0) is 12.3. The lowest BCUT2D eigenvalue weighted by Gasteiger charge is -2.45. The second kappa shape index (κ2) is 5.71. The highest BCUT2D eigenvalue weighted by atomic mass is 15.2. The van der Waals surface area contributed by atoms with E-state index < -0.39 is 0 Å². The molecule has 1 aliphatic carbocycles. The SMILES string of the molecule is CNC(CC(C)C)C1(N2CCCC2)CCCC1. The lowest BCUT2D eigenvalue weighted by Crippen LogP contribution is -2.58. The number of hydrogen-bond acceptors (Lipinski definition) is 2. The first kappa shape index (κ1) is 13.4. The lowest BCUT2D eigenvalue weighted by atomic mass is 9.82. The van der Waals surface area contributed by atoms with Crippen molar-refractivity contribution >= 4 is 0 Å². The highest BCUT2D eigenvalue weighted by Gasteiger charge is 2.45. The van der Waals surface area contributed by atoms with Gasteiger partial charge in [-0.1, -0.05) is 26.7 Å². The van der Waals surface area contributed by atoms with Crippen LogP contribution in [-0.2, 0) is 0 Å². The molecule has 0 radical (unpaired) electrons. The largest absolute Gasteiger partial charge is 0.315 e. The maximum Gasteiger partial charge on any atom is 0.0362 e. The fraction of sp³-hybridized carbons (Fsp3) is 1.00. The van der Waals surface area contributed by atoms with Gasteiger partial charge in [0.05, 0.1) is 0 Å². The van der Waals surface area contributed by atoms with E-state index in [1.165, 1.54) is 58.0 Å². The van der Waals surface area contributed by atoms with E-state index in [9.17, 15) is 0 Å². The number of likely N-dealkylation sites (tertiary alicyclic amines) is 1. The molecule has 17 heavy (non-hydrogen) atoms. The Labute approximate surface area is 107 Å². The number of nitrogens with one attached hydrogen (secondary N) is 1. The number of hydrogen-bond donors (Lipinski definition) is 1. The molecule has 2 rings (SSSR count). The standard InChI is InChI=1S/C15H30N2/c1-13(2)12-14(16-3)15(8-4-5-9-15)17-10-6-7-11-17/h13-14,16H,4-12H2,1-3H3. The molecule has 0 aromatic rings. The Hall–Kier alpha value is -0.0800. The highest BCUT2D eigenvalue weighted by molar-refractivity contribution is 5.04. The Morgan fingerprint density at radius 1 is 1.06 bits per heavy atom. The molecule has 1 unspecified atom stereocenters. The molecule has 100 valence electrons. The predicted molar refractivity (Wildman–Crippen MR) is 74.3 cm³/mol. The molecular weight excluding hydrogens is 208 g/mol. The van der Waals surface area contributed by atoms with Crippen LogP contribution in [-0.4, -0.2) is 36.6 Å². The summed E-state index contributed by atoms with van der Waals surface area (Å²) in [7, 11) is 2.17. The van der Waals surface area contributed by atoms with Crippen LogP contribution in [0.25, 0.3) is 0 Å². The van der Waals surface area contributed by atoms with Crippen molar-refractivity contribution in [3.05, 3.63) is 0 Å². The molecule has 1 heterocycles. The summed E-state index contributed by atoms with van der Waals surface area (Å²) < 4.78 is 0. The Kier molecular flexibility index (Phi) is 4.48. The third-order valence-corrected chi connectivity index (χ3v) is 4.91. The molecule has 2 fully saturated rings. The maximum atomic E-state index is 3.65. The van der Waals surface area contributed by atoms with Gasteiger partial charge in [0.1, 0.15) is 0 Å². The molecule has 0 aromatic carbocycles. The summed E-state index contributed by atoms with van der Waals surface area (Å²) in [5.41, 5.74) is 0.496. The second-order valence-corrected chi connectivity index (χ2v) is 6.48. The zero-order valence-electron chi connectivity index (χ0n) is 12.0. The molecule has 0 aromatic heterocycles. The van der Waals surface area contributed by atoms with Crippen molar-refractivity contribution in [1.29, 1.82) is 0 Å². The van der Waals surface area contributed by atoms with Crippen LogP contribution < -0.4 is 5.32 Å². The Morgan fingerprint density at radius 3 is 2.12 bits per heavy atom. The van der Waals surface area contributed by atoms with E-state index in [-0.39, 0.29) is 0 Å². The van der Waals surface area contributed by atoms with Gasteiger partial charge in [-0.15, -0.1) is 0 Å². The fourth-order valence-electron chi connectivity index (χ4n) is 4.11. The van der Waals surface area contributed by atoms with E-state index in [0.717, 1.165) is 5.92 Å². The van der Waals surface area contributed by atoms with Crippen LogP contribution in [0.2, 0.25) is 0 Å². The van der Waals surface area contributed by atoms with Crippen LogP contribution >= 0.6 is 0 Å². The van der Waals surface area contributed by atoms with Crippen molar-refractivity contribution in [2.45, 2.75) is 70.4 Å². The van der Waals surface area contributed by atoms with Crippen molar-refractivity contribution in [1.82, 2.24) is 10.2 Å². The van der Waals surface area contributed by atoms with Crippen molar-refractivity contribution in [3.8, 4) is 0 Å². The second-order valence-electron chi connectivity index (χ2n) is 6.48. The minimum absolute atomic E-state index is 0.496. The van der Waals surface area contributed by atoms with Crippen LogP contribution in [0.3, 0.4) is 0 Å². The van der Waals surface area contributed by atoms with E-state index in [0.29, 0.717) is 11.6 Å². The first-order valence-electron chi connectivity index (χ1n) is 7.61. The summed E-state index contributed by atoms with van der Waals surface area (Å²) >= 11 is 0. The normalized spacial score (nSPS) is 26.8. The Balaban J connectivity index is 2.13. The van der Waals surface area contributed by atoms with Crippen LogP contribution in [0.1, 0.15) is 58.8 Å². The van der Waals surface area contributed by atoms with Crippen molar-refractivity contribution in [2.24, 2.45) is 5.92 Å². The average molecular weight is 238 g/mol. The minimum atomic E-state index is 0.496. The molecule has 1 saturated carbocycles. The van der Waals surface area contributed by atoms with Crippen molar-refractivity contribution in [3.63, 3.8) is 0 Å². The van der Waals surface area contributed by atoms with Gasteiger partial charge in [0.2, 0.25) is 0 Å². The molecular formula is C15H30N2. The summed E-state index contributed by atoms with van der Waals surface area (Å²) in [5, 5.41) is 3.65. The summed E-state index contributed by atoms with van der Waals surface area (Å²) in [6.45, 7) is 7.40. The Morgan fingerprint density at radius 2 is 1.65 bits per heavy atom. The number of nitrogens with zero attached hydrogens (tertiary/aromatic N) is 1. The van der Waals surface area contributed by atoms with Crippen molar-refractivity contribution in [2.75, 3.05) is 20.1 Å². The molecule has 0 spiro atoms. The molecule has 2 aliphatic rings. The fourth-order valence-corrected chi connectivity index (χ4v) is 4.11. The quantitative estimate of drug-likeness (QED) is 0.792. The van der Waals surface area contributed by atoms with Crippen molar-refractivity contribution < 1.29 is 0 Å². The van der Waals surface area contributed by atoms with Crippen LogP contribution in [0.15, 0.2) is 0 Å². The third-order valence-electron chi connectivity index (χ3n) is 4.91. The molecule has 2 nitrogen and oxygen atoms in total. The molecule has 2 heteroatoms. The molecule has 1 aliphatic heterocycles. The molecule has 0 bridgehead atoms. The van der Waals surface area contributed by atoms with Crippen LogP contribution in [0.4, 0.5) is 0 Å². The van der Waals surface area contributed by atoms with Gasteiger partial charge in [-0.2, -0.15) is 0 Å². The maximum absolute atomic E-state index is 3.65. The summed E-state index contributed by atoms with van der Waals surface area (Å²) in [4.78, 5) is 2.82. The third kappa shape index (κ3) is 2.68. The van der Waals surface area contributed by atoms with E-state index in [4.69, 9.17) is 0 Å². The smallest absolute Gasteiger partial charge is 0.0362 e. The molecule has 0 amide bonds. The minimum Gasteiger partial charge on any atom is -0.315 e. The predicted octanol–water partition coefficient (Wildman–Crippen LogP) is 3.03. The van der Waals surface area contributed by atoms with E-state index in [1.54, 1.807) is 0 Å². The number of rotatable bonds is 5. The van der Waals surface area contributed by atoms with Crippen LogP contribution in [0.5, 0.6) is 0 Å². The zero-order valence-corrected chi connectivity index (χ0v) is 12.0. The van der Waals surface area contributed by atoms with Gasteiger partial charge in [0.15, 0.2) is 0 Å². The summed E-state index contributed by atoms with van der Waals surface area (Å²) in [6.07, 6.45) is 9.88. The lowest BCUT2D eigenvalue weighted by molar-refractivity contribution is 0.0709.